The Kier molecular flexibility index (Phi) is 5.79. The lowest BCUT2D eigenvalue weighted by Gasteiger charge is -2.33. The van der Waals surface area contributed by atoms with Crippen molar-refractivity contribution in [3.05, 3.63) is 30.2 Å². The summed E-state index contributed by atoms with van der Waals surface area (Å²) >= 11 is 0. The van der Waals surface area contributed by atoms with Crippen molar-refractivity contribution in [1.29, 1.82) is 0 Å². The van der Waals surface area contributed by atoms with Gasteiger partial charge in [0.25, 0.3) is 0 Å². The molecule has 2 aromatic rings. The molecule has 0 radical (unpaired) electrons. The summed E-state index contributed by atoms with van der Waals surface area (Å²) in [6, 6.07) is 7.62. The highest BCUT2D eigenvalue weighted by Gasteiger charge is 2.19. The van der Waals surface area contributed by atoms with Crippen LogP contribution in [0.4, 0.5) is 0 Å². The number of hydrogen-bond acceptors (Lipinski definition) is 7. The summed E-state index contributed by atoms with van der Waals surface area (Å²) in [6.07, 6.45) is 0.842. The molecule has 1 aromatic heterocycles. The Labute approximate surface area is 141 Å². The number of ether oxygens (including phenoxy) is 1. The fraction of sp³-hybridized carbons (Fsp3) is 0.529. The van der Waals surface area contributed by atoms with Gasteiger partial charge in [0.15, 0.2) is 0 Å². The molecule has 1 aromatic carbocycles. The first kappa shape index (κ1) is 16.9. The highest BCUT2D eigenvalue weighted by Crippen LogP contribution is 2.20. The monoisotopic (exact) mass is 332 g/mol. The zero-order chi connectivity index (χ0) is 16.8. The van der Waals surface area contributed by atoms with Gasteiger partial charge in [-0.2, -0.15) is 4.98 Å². The molecule has 24 heavy (non-hydrogen) atoms. The summed E-state index contributed by atoms with van der Waals surface area (Å²) in [5.41, 5.74) is 0.916. The van der Waals surface area contributed by atoms with Gasteiger partial charge in [0.2, 0.25) is 11.7 Å². The van der Waals surface area contributed by atoms with Crippen LogP contribution in [-0.4, -0.2) is 71.5 Å². The van der Waals surface area contributed by atoms with Crippen LogP contribution in [0.15, 0.2) is 28.8 Å². The average molecular weight is 332 g/mol. The van der Waals surface area contributed by atoms with Gasteiger partial charge in [0.05, 0.1) is 13.7 Å². The van der Waals surface area contributed by atoms with Gasteiger partial charge in [0.1, 0.15) is 5.75 Å². The maximum absolute atomic E-state index is 8.90. The number of aliphatic hydroxyl groups is 1. The summed E-state index contributed by atoms with van der Waals surface area (Å²) in [7, 11) is 1.64. The van der Waals surface area contributed by atoms with E-state index in [4.69, 9.17) is 14.4 Å². The largest absolute Gasteiger partial charge is 0.497 e. The van der Waals surface area contributed by atoms with Gasteiger partial charge in [-0.1, -0.05) is 5.16 Å². The molecule has 1 aliphatic heterocycles. The Bertz CT molecular complexity index is 621. The van der Waals surface area contributed by atoms with Crippen LogP contribution in [0.5, 0.6) is 5.75 Å². The summed E-state index contributed by atoms with van der Waals surface area (Å²) < 4.78 is 10.5. The Morgan fingerprint density at radius 3 is 2.50 bits per heavy atom. The van der Waals surface area contributed by atoms with E-state index in [2.05, 4.69) is 19.9 Å². The number of aliphatic hydroxyl groups excluding tert-OH is 1. The molecule has 0 atom stereocenters. The molecule has 1 saturated heterocycles. The lowest BCUT2D eigenvalue weighted by molar-refractivity contribution is 0.111. The lowest BCUT2D eigenvalue weighted by Crippen LogP contribution is -2.46. The molecule has 1 aliphatic rings. The van der Waals surface area contributed by atoms with Crippen molar-refractivity contribution in [2.45, 2.75) is 13.0 Å². The normalized spacial score (nSPS) is 16.4. The predicted octanol–water partition coefficient (Wildman–Crippen LogP) is 1.25. The number of benzene rings is 1. The van der Waals surface area contributed by atoms with E-state index in [-0.39, 0.29) is 6.61 Å². The Hall–Kier alpha value is -1.96. The van der Waals surface area contributed by atoms with Crippen LogP contribution < -0.4 is 4.74 Å². The third-order valence-electron chi connectivity index (χ3n) is 4.27. The molecule has 3 rings (SSSR count). The van der Waals surface area contributed by atoms with E-state index in [0.717, 1.165) is 50.5 Å². The number of aromatic nitrogens is 2. The topological polar surface area (TPSA) is 74.9 Å². The van der Waals surface area contributed by atoms with Crippen LogP contribution in [0.25, 0.3) is 11.4 Å². The van der Waals surface area contributed by atoms with Crippen molar-refractivity contribution >= 4 is 0 Å². The van der Waals surface area contributed by atoms with Crippen molar-refractivity contribution in [2.24, 2.45) is 0 Å². The van der Waals surface area contributed by atoms with Crippen LogP contribution in [0.3, 0.4) is 0 Å². The second-order valence-corrected chi connectivity index (χ2v) is 5.94. The van der Waals surface area contributed by atoms with Gasteiger partial charge >= 0.3 is 0 Å². The van der Waals surface area contributed by atoms with E-state index in [1.807, 2.05) is 24.3 Å². The molecular weight excluding hydrogens is 308 g/mol. The van der Waals surface area contributed by atoms with Crippen LogP contribution in [-0.2, 0) is 6.54 Å². The standard InChI is InChI=1S/C17H24N4O3/c1-23-15-5-3-14(4-6-15)17-18-16(24-19-17)13-21-10-8-20(9-11-21)7-2-12-22/h3-6,22H,2,7-13H2,1H3. The van der Waals surface area contributed by atoms with Crippen LogP contribution in [0.1, 0.15) is 12.3 Å². The summed E-state index contributed by atoms with van der Waals surface area (Å²) in [6.45, 7) is 5.89. The maximum atomic E-state index is 8.90. The molecule has 0 unspecified atom stereocenters. The smallest absolute Gasteiger partial charge is 0.241 e. The second kappa shape index (κ2) is 8.23. The molecule has 130 valence electrons. The molecular formula is C17H24N4O3. The number of rotatable bonds is 7. The molecule has 0 amide bonds. The van der Waals surface area contributed by atoms with Gasteiger partial charge in [-0.3, -0.25) is 4.90 Å². The zero-order valence-corrected chi connectivity index (χ0v) is 14.0. The molecule has 1 fully saturated rings. The number of hydrogen-bond donors (Lipinski definition) is 1. The van der Waals surface area contributed by atoms with Crippen molar-refractivity contribution in [1.82, 2.24) is 19.9 Å². The van der Waals surface area contributed by atoms with Crippen LogP contribution in [0, 0.1) is 0 Å². The lowest BCUT2D eigenvalue weighted by atomic mass is 10.2. The fourth-order valence-electron chi connectivity index (χ4n) is 2.83. The minimum atomic E-state index is 0.260. The van der Waals surface area contributed by atoms with Gasteiger partial charge in [-0.15, -0.1) is 0 Å². The average Bonchev–Trinajstić information content (AvgIpc) is 3.10. The van der Waals surface area contributed by atoms with Crippen molar-refractivity contribution in [3.8, 4) is 17.1 Å². The third-order valence-corrected chi connectivity index (χ3v) is 4.27. The maximum Gasteiger partial charge on any atom is 0.241 e. The van der Waals surface area contributed by atoms with E-state index >= 15 is 0 Å². The Balaban J connectivity index is 1.53. The van der Waals surface area contributed by atoms with E-state index < -0.39 is 0 Å². The highest BCUT2D eigenvalue weighted by atomic mass is 16.5. The first-order valence-electron chi connectivity index (χ1n) is 8.31. The van der Waals surface area contributed by atoms with E-state index in [1.54, 1.807) is 7.11 Å². The number of piperazine rings is 1. The molecule has 7 heteroatoms. The highest BCUT2D eigenvalue weighted by molar-refractivity contribution is 5.55. The molecule has 1 N–H and O–H groups in total. The molecule has 7 nitrogen and oxygen atoms in total. The molecule has 0 saturated carbocycles. The fourth-order valence-corrected chi connectivity index (χ4v) is 2.83. The second-order valence-electron chi connectivity index (χ2n) is 5.94. The van der Waals surface area contributed by atoms with Crippen LogP contribution in [0.2, 0.25) is 0 Å². The SMILES string of the molecule is COc1ccc(-c2noc(CN3CCN(CCCO)CC3)n2)cc1. The predicted molar refractivity (Wildman–Crippen MR) is 89.7 cm³/mol. The van der Waals surface area contributed by atoms with Gasteiger partial charge in [-0.05, 0) is 30.7 Å². The zero-order valence-electron chi connectivity index (χ0n) is 14.0. The van der Waals surface area contributed by atoms with Crippen molar-refractivity contribution < 1.29 is 14.4 Å². The summed E-state index contributed by atoms with van der Waals surface area (Å²) in [5.74, 6) is 2.06. The molecule has 2 heterocycles. The molecule has 0 aliphatic carbocycles. The minimum Gasteiger partial charge on any atom is -0.497 e. The Morgan fingerprint density at radius 2 is 1.83 bits per heavy atom. The van der Waals surface area contributed by atoms with Gasteiger partial charge in [0, 0.05) is 44.9 Å². The van der Waals surface area contributed by atoms with Gasteiger partial charge in [-0.25, -0.2) is 0 Å². The van der Waals surface area contributed by atoms with Crippen molar-refractivity contribution in [3.63, 3.8) is 0 Å². The summed E-state index contributed by atoms with van der Waals surface area (Å²) in [4.78, 5) is 9.19. The quantitative estimate of drug-likeness (QED) is 0.818. The van der Waals surface area contributed by atoms with Crippen molar-refractivity contribution in [2.75, 3.05) is 46.4 Å². The summed E-state index contributed by atoms with van der Waals surface area (Å²) in [5, 5.41) is 13.0. The first-order chi connectivity index (χ1) is 11.8. The Morgan fingerprint density at radius 1 is 1.12 bits per heavy atom. The molecule has 0 bridgehead atoms. The van der Waals surface area contributed by atoms with Crippen LogP contribution >= 0.6 is 0 Å². The van der Waals surface area contributed by atoms with E-state index in [9.17, 15) is 0 Å². The number of methoxy groups -OCH3 is 1. The number of nitrogens with zero attached hydrogens (tertiary/aromatic N) is 4. The minimum absolute atomic E-state index is 0.260. The molecule has 0 spiro atoms. The third kappa shape index (κ3) is 4.31. The van der Waals surface area contributed by atoms with E-state index in [0.29, 0.717) is 18.3 Å². The van der Waals surface area contributed by atoms with E-state index in [1.165, 1.54) is 0 Å². The first-order valence-corrected chi connectivity index (χ1v) is 8.31. The van der Waals surface area contributed by atoms with Gasteiger partial charge < -0.3 is 19.3 Å².